The minimum Gasteiger partial charge on any atom is -0.264 e. The molecular weight excluding hydrogens is 205 g/mol. The van der Waals surface area contributed by atoms with Gasteiger partial charge in [0.1, 0.15) is 0 Å². The Hall–Kier alpha value is -0.130. The molecule has 40 valence electrons. The van der Waals surface area contributed by atoms with Crippen LogP contribution in [0.1, 0.15) is 6.92 Å². The molecule has 0 unspecified atom stereocenters. The van der Waals surface area contributed by atoms with Crippen LogP contribution >= 0.6 is 22.6 Å². The third-order valence-corrected chi connectivity index (χ3v) is 1.33. The maximum atomic E-state index is 6.31. The summed E-state index contributed by atoms with van der Waals surface area (Å²) < 4.78 is 1.82. The number of hydrogen-bond donors (Lipinski definition) is 2. The van der Waals surface area contributed by atoms with Crippen molar-refractivity contribution in [3.63, 3.8) is 0 Å². The van der Waals surface area contributed by atoms with E-state index in [9.17, 15) is 0 Å². The first-order chi connectivity index (χ1) is 3.31. The van der Waals surface area contributed by atoms with Crippen LogP contribution in [-0.4, -0.2) is 0 Å². The summed E-state index contributed by atoms with van der Waals surface area (Å²) in [5.41, 5.74) is 9.63. The maximum absolute atomic E-state index is 6.31. The molecule has 2 N–H and O–H groups in total. The maximum Gasteiger partial charge on any atom is 0.0382 e. The second-order valence-electron chi connectivity index (χ2n) is 1.02. The molecule has 0 saturated carbocycles. The quantitative estimate of drug-likeness (QED) is 0.408. The Morgan fingerprint density at radius 1 is 2.00 bits per heavy atom. The second-order valence-corrected chi connectivity index (χ2v) is 1.64. The van der Waals surface area contributed by atoms with Gasteiger partial charge in [-0.1, -0.05) is 27.8 Å². The molecule has 0 heterocycles. The summed E-state index contributed by atoms with van der Waals surface area (Å²) in [6, 6.07) is 0. The van der Waals surface area contributed by atoms with Gasteiger partial charge in [0.2, 0.25) is 0 Å². The number of nitrogens with one attached hydrogen (secondary N) is 2. The molecule has 0 aromatic carbocycles. The minimum absolute atomic E-state index is 0.885. The van der Waals surface area contributed by atoms with Crippen molar-refractivity contribution in [1.82, 2.24) is 5.43 Å². The fourth-order valence-electron chi connectivity index (χ4n) is 0.113. The molecule has 0 fully saturated rings. The zero-order chi connectivity index (χ0) is 5.70. The zero-order valence-corrected chi connectivity index (χ0v) is 6.06. The minimum atomic E-state index is 0.885. The highest BCUT2D eigenvalue weighted by molar-refractivity contribution is 14.1. The van der Waals surface area contributed by atoms with E-state index in [2.05, 4.69) is 33.2 Å². The molecule has 0 aromatic heterocycles. The SMILES string of the molecule is C/C(=C/I)NN=N. The third kappa shape index (κ3) is 3.71. The molecule has 0 radical (unpaired) electrons. The smallest absolute Gasteiger partial charge is 0.0382 e. The lowest BCUT2D eigenvalue weighted by Crippen LogP contribution is -1.97. The van der Waals surface area contributed by atoms with E-state index in [0.717, 1.165) is 5.70 Å². The lowest BCUT2D eigenvalue weighted by molar-refractivity contribution is 0.782. The first-order valence-corrected chi connectivity index (χ1v) is 2.95. The van der Waals surface area contributed by atoms with Crippen LogP contribution in [0.4, 0.5) is 0 Å². The summed E-state index contributed by atoms with van der Waals surface area (Å²) in [5.74, 6) is 0. The molecule has 0 bridgehead atoms. The number of nitrogens with zero attached hydrogens (tertiary/aromatic N) is 1. The molecule has 0 amide bonds. The number of rotatable bonds is 2. The summed E-state index contributed by atoms with van der Waals surface area (Å²) in [5, 5.41) is 2.93. The highest BCUT2D eigenvalue weighted by atomic mass is 127. The van der Waals surface area contributed by atoms with E-state index in [1.165, 1.54) is 0 Å². The highest BCUT2D eigenvalue weighted by Crippen LogP contribution is 1.90. The molecule has 4 heteroatoms. The fraction of sp³-hybridized carbons (Fsp3) is 0.333. The highest BCUT2D eigenvalue weighted by Gasteiger charge is 1.75. The van der Waals surface area contributed by atoms with E-state index >= 15 is 0 Å². The summed E-state index contributed by atoms with van der Waals surface area (Å²) in [6.07, 6.45) is 0. The Morgan fingerprint density at radius 2 is 2.57 bits per heavy atom. The molecule has 0 aromatic rings. The van der Waals surface area contributed by atoms with Crippen molar-refractivity contribution in [2.45, 2.75) is 6.92 Å². The second kappa shape index (κ2) is 4.04. The summed E-state index contributed by atoms with van der Waals surface area (Å²) in [4.78, 5) is 0. The lowest BCUT2D eigenvalue weighted by atomic mass is 10.6. The fourth-order valence-corrected chi connectivity index (χ4v) is 0.252. The molecule has 0 spiro atoms. The van der Waals surface area contributed by atoms with E-state index in [-0.39, 0.29) is 0 Å². The summed E-state index contributed by atoms with van der Waals surface area (Å²) >= 11 is 2.07. The predicted octanol–water partition coefficient (Wildman–Crippen LogP) is 1.82. The summed E-state index contributed by atoms with van der Waals surface area (Å²) in [7, 11) is 0. The van der Waals surface area contributed by atoms with E-state index < -0.39 is 0 Å². The van der Waals surface area contributed by atoms with Crippen LogP contribution in [0.25, 0.3) is 0 Å². The van der Waals surface area contributed by atoms with Crippen LogP contribution in [0.3, 0.4) is 0 Å². The van der Waals surface area contributed by atoms with Crippen LogP contribution in [0.2, 0.25) is 0 Å². The number of halogens is 1. The Labute approximate surface area is 55.8 Å². The molecule has 0 aliphatic heterocycles. The molecule has 0 rings (SSSR count). The van der Waals surface area contributed by atoms with Gasteiger partial charge >= 0.3 is 0 Å². The Kier molecular flexibility index (Phi) is 3.97. The Balaban J connectivity index is 3.36. The molecule has 7 heavy (non-hydrogen) atoms. The van der Waals surface area contributed by atoms with Crippen molar-refractivity contribution in [1.29, 1.82) is 5.53 Å². The molecule has 0 aliphatic carbocycles. The monoisotopic (exact) mass is 211 g/mol. The van der Waals surface area contributed by atoms with Crippen molar-refractivity contribution in [2.75, 3.05) is 0 Å². The van der Waals surface area contributed by atoms with Crippen LogP contribution in [0.15, 0.2) is 15.0 Å². The average Bonchev–Trinajstić information content (AvgIpc) is 1.68. The van der Waals surface area contributed by atoms with E-state index in [1.54, 1.807) is 0 Å². The van der Waals surface area contributed by atoms with Crippen molar-refractivity contribution in [3.8, 4) is 0 Å². The van der Waals surface area contributed by atoms with Gasteiger partial charge in [0.05, 0.1) is 0 Å². The van der Waals surface area contributed by atoms with Crippen LogP contribution in [0, 0.1) is 5.53 Å². The van der Waals surface area contributed by atoms with Gasteiger partial charge in [-0.05, 0) is 11.0 Å². The van der Waals surface area contributed by atoms with Gasteiger partial charge in [-0.25, -0.2) is 0 Å². The molecule has 3 nitrogen and oxygen atoms in total. The first kappa shape index (κ1) is 6.87. The largest absolute Gasteiger partial charge is 0.264 e. The van der Waals surface area contributed by atoms with Crippen molar-refractivity contribution < 1.29 is 0 Å². The first-order valence-electron chi connectivity index (χ1n) is 1.70. The van der Waals surface area contributed by atoms with Gasteiger partial charge in [0, 0.05) is 5.70 Å². The van der Waals surface area contributed by atoms with Gasteiger partial charge in [-0.3, -0.25) is 5.43 Å². The standard InChI is InChI=1S/C3H6IN3/c1-3(2-4)6-7-5/h2H,1H3,(H2,5,6)/b3-2-. The van der Waals surface area contributed by atoms with Gasteiger partial charge in [0.25, 0.3) is 0 Å². The van der Waals surface area contributed by atoms with Gasteiger partial charge in [-0.2, -0.15) is 5.53 Å². The Bertz CT molecular complexity index is 88.2. The van der Waals surface area contributed by atoms with Crippen molar-refractivity contribution in [2.24, 2.45) is 5.22 Å². The summed E-state index contributed by atoms with van der Waals surface area (Å²) in [6.45, 7) is 1.84. The van der Waals surface area contributed by atoms with E-state index in [4.69, 9.17) is 5.53 Å². The van der Waals surface area contributed by atoms with Crippen molar-refractivity contribution in [3.05, 3.63) is 9.78 Å². The van der Waals surface area contributed by atoms with Crippen LogP contribution in [0.5, 0.6) is 0 Å². The van der Waals surface area contributed by atoms with E-state index in [0.29, 0.717) is 0 Å². The van der Waals surface area contributed by atoms with Crippen molar-refractivity contribution >= 4 is 22.6 Å². The van der Waals surface area contributed by atoms with Crippen LogP contribution in [-0.2, 0) is 0 Å². The zero-order valence-electron chi connectivity index (χ0n) is 3.90. The molecular formula is C3H6IN3. The van der Waals surface area contributed by atoms with Crippen LogP contribution < -0.4 is 5.43 Å². The van der Waals surface area contributed by atoms with E-state index in [1.807, 2.05) is 11.0 Å². The number of hydrogen-bond acceptors (Lipinski definition) is 2. The van der Waals surface area contributed by atoms with Gasteiger partial charge in [0.15, 0.2) is 0 Å². The molecule has 0 aliphatic rings. The normalized spacial score (nSPS) is 10.9. The third-order valence-electron chi connectivity index (χ3n) is 0.396. The number of allylic oxidation sites excluding steroid dienone is 1. The molecule has 0 saturated heterocycles. The predicted molar refractivity (Wildman–Crippen MR) is 36.1 cm³/mol. The molecule has 0 atom stereocenters. The average molecular weight is 211 g/mol. The lowest BCUT2D eigenvalue weighted by Gasteiger charge is -1.89. The van der Waals surface area contributed by atoms with Gasteiger partial charge in [-0.15, -0.1) is 0 Å². The topological polar surface area (TPSA) is 48.2 Å². The Morgan fingerprint density at radius 3 is 2.71 bits per heavy atom. The van der Waals surface area contributed by atoms with Gasteiger partial charge < -0.3 is 0 Å².